The zero-order valence-corrected chi connectivity index (χ0v) is 14.4. The first-order valence-electron chi connectivity index (χ1n) is 8.24. The lowest BCUT2D eigenvalue weighted by Gasteiger charge is -2.13. The molecule has 28 heavy (non-hydrogen) atoms. The van der Waals surface area contributed by atoms with Crippen LogP contribution in [0.3, 0.4) is 0 Å². The summed E-state index contributed by atoms with van der Waals surface area (Å²) in [6.45, 7) is -1.50. The number of alkyl halides is 3. The first-order valence-corrected chi connectivity index (χ1v) is 8.24. The molecule has 3 rings (SSSR count). The third-order valence-corrected chi connectivity index (χ3v) is 3.73. The van der Waals surface area contributed by atoms with Crippen molar-refractivity contribution >= 4 is 22.5 Å². The van der Waals surface area contributed by atoms with Crippen molar-refractivity contribution in [3.63, 3.8) is 0 Å². The molecule has 0 aliphatic heterocycles. The molecule has 1 N–H and O–H groups in total. The lowest BCUT2D eigenvalue weighted by atomic mass is 10.2. The Kier molecular flexibility index (Phi) is 5.57. The number of benzene rings is 2. The van der Waals surface area contributed by atoms with Crippen LogP contribution in [-0.2, 0) is 11.3 Å². The SMILES string of the molecule is O=C(CCn1nnc2ccccc2c1=O)Nc1ccccc1OCC(F)(F)F. The van der Waals surface area contributed by atoms with Gasteiger partial charge in [0.1, 0.15) is 11.3 Å². The molecular formula is C18H15F3N4O3. The summed E-state index contributed by atoms with van der Waals surface area (Å²) in [5.41, 5.74) is 0.171. The van der Waals surface area contributed by atoms with Crippen LogP contribution >= 0.6 is 0 Å². The van der Waals surface area contributed by atoms with Crippen molar-refractivity contribution in [1.82, 2.24) is 15.0 Å². The van der Waals surface area contributed by atoms with E-state index in [-0.39, 0.29) is 30.0 Å². The quantitative estimate of drug-likeness (QED) is 0.697. The van der Waals surface area contributed by atoms with Crippen molar-refractivity contribution in [3.05, 3.63) is 58.9 Å². The van der Waals surface area contributed by atoms with Crippen LogP contribution in [0.5, 0.6) is 5.75 Å². The Morgan fingerprint density at radius 3 is 2.61 bits per heavy atom. The summed E-state index contributed by atoms with van der Waals surface area (Å²) >= 11 is 0. The first kappa shape index (κ1) is 19.3. The van der Waals surface area contributed by atoms with E-state index in [1.54, 1.807) is 30.3 Å². The van der Waals surface area contributed by atoms with E-state index in [0.717, 1.165) is 4.68 Å². The molecule has 2 aromatic carbocycles. The van der Waals surface area contributed by atoms with Crippen molar-refractivity contribution in [3.8, 4) is 5.75 Å². The molecule has 146 valence electrons. The van der Waals surface area contributed by atoms with Gasteiger partial charge in [-0.25, -0.2) is 4.68 Å². The number of rotatable bonds is 6. The molecule has 0 spiro atoms. The molecule has 10 heteroatoms. The highest BCUT2D eigenvalue weighted by molar-refractivity contribution is 5.92. The van der Waals surface area contributed by atoms with Gasteiger partial charge >= 0.3 is 6.18 Å². The minimum Gasteiger partial charge on any atom is -0.482 e. The van der Waals surface area contributed by atoms with E-state index in [4.69, 9.17) is 4.74 Å². The van der Waals surface area contributed by atoms with E-state index in [1.807, 2.05) is 0 Å². The Balaban J connectivity index is 1.65. The van der Waals surface area contributed by atoms with E-state index in [9.17, 15) is 22.8 Å². The Bertz CT molecular complexity index is 1050. The second-order valence-electron chi connectivity index (χ2n) is 5.83. The standard InChI is InChI=1S/C18H15F3N4O3/c19-18(20,21)11-28-15-8-4-3-7-14(15)22-16(26)9-10-25-17(27)12-5-1-2-6-13(12)23-24-25/h1-8H,9-11H2,(H,22,26). The number of carbonyl (C=O) groups is 1. The number of para-hydroxylation sites is 2. The number of nitrogens with one attached hydrogen (secondary N) is 1. The Labute approximate surface area is 156 Å². The Morgan fingerprint density at radius 1 is 1.11 bits per heavy atom. The van der Waals surface area contributed by atoms with E-state index in [1.165, 1.54) is 18.2 Å². The van der Waals surface area contributed by atoms with Gasteiger partial charge in [0.05, 0.1) is 17.6 Å². The van der Waals surface area contributed by atoms with Gasteiger partial charge in [0.2, 0.25) is 5.91 Å². The molecule has 1 amide bonds. The predicted octanol–water partition coefficient (Wildman–Crippen LogP) is 2.76. The number of hydrogen-bond donors (Lipinski definition) is 1. The first-order chi connectivity index (χ1) is 13.3. The van der Waals surface area contributed by atoms with E-state index in [0.29, 0.717) is 10.9 Å². The number of nitrogens with zero attached hydrogens (tertiary/aromatic N) is 3. The van der Waals surface area contributed by atoms with Crippen LogP contribution in [0.25, 0.3) is 10.9 Å². The molecule has 0 saturated heterocycles. The van der Waals surface area contributed by atoms with Gasteiger partial charge in [-0.3, -0.25) is 9.59 Å². The highest BCUT2D eigenvalue weighted by atomic mass is 19.4. The van der Waals surface area contributed by atoms with Crippen LogP contribution in [0.15, 0.2) is 53.3 Å². The van der Waals surface area contributed by atoms with Gasteiger partial charge in [0.25, 0.3) is 5.56 Å². The van der Waals surface area contributed by atoms with Gasteiger partial charge in [0.15, 0.2) is 6.61 Å². The summed E-state index contributed by atoms with van der Waals surface area (Å²) in [6.07, 6.45) is -4.62. The Hall–Kier alpha value is -3.43. The van der Waals surface area contributed by atoms with Crippen molar-refractivity contribution < 1.29 is 22.7 Å². The van der Waals surface area contributed by atoms with Gasteiger partial charge < -0.3 is 10.1 Å². The van der Waals surface area contributed by atoms with Crippen molar-refractivity contribution in [1.29, 1.82) is 0 Å². The zero-order chi connectivity index (χ0) is 20.1. The third-order valence-electron chi connectivity index (χ3n) is 3.73. The highest BCUT2D eigenvalue weighted by Crippen LogP contribution is 2.26. The van der Waals surface area contributed by atoms with Crippen LogP contribution in [-0.4, -0.2) is 33.7 Å². The molecule has 0 fully saturated rings. The number of aromatic nitrogens is 3. The van der Waals surface area contributed by atoms with Crippen LogP contribution in [0.2, 0.25) is 0 Å². The molecular weight excluding hydrogens is 377 g/mol. The summed E-state index contributed by atoms with van der Waals surface area (Å²) in [6, 6.07) is 12.5. The van der Waals surface area contributed by atoms with Gasteiger partial charge in [-0.05, 0) is 24.3 Å². The normalized spacial score (nSPS) is 11.4. The van der Waals surface area contributed by atoms with Gasteiger partial charge in [-0.15, -0.1) is 5.10 Å². The number of amides is 1. The average Bonchev–Trinajstić information content (AvgIpc) is 2.66. The minimum atomic E-state index is -4.49. The number of aryl methyl sites for hydroxylation is 1. The summed E-state index contributed by atoms with van der Waals surface area (Å²) in [5, 5.41) is 10.6. The second kappa shape index (κ2) is 8.07. The summed E-state index contributed by atoms with van der Waals surface area (Å²) in [5.74, 6) is -0.610. The molecule has 7 nitrogen and oxygen atoms in total. The van der Waals surface area contributed by atoms with Crippen LogP contribution in [0, 0.1) is 0 Å². The predicted molar refractivity (Wildman–Crippen MR) is 95.0 cm³/mol. The largest absolute Gasteiger partial charge is 0.482 e. The van der Waals surface area contributed by atoms with E-state index < -0.39 is 18.7 Å². The molecule has 0 saturated carbocycles. The number of carbonyl (C=O) groups excluding carboxylic acids is 1. The van der Waals surface area contributed by atoms with Crippen LogP contribution in [0.1, 0.15) is 6.42 Å². The fourth-order valence-corrected chi connectivity index (χ4v) is 2.45. The van der Waals surface area contributed by atoms with Crippen molar-refractivity contribution in [2.75, 3.05) is 11.9 Å². The maximum absolute atomic E-state index is 12.3. The highest BCUT2D eigenvalue weighted by Gasteiger charge is 2.28. The summed E-state index contributed by atoms with van der Waals surface area (Å²) in [4.78, 5) is 24.5. The number of hydrogen-bond acceptors (Lipinski definition) is 5. The maximum Gasteiger partial charge on any atom is 0.422 e. The maximum atomic E-state index is 12.3. The average molecular weight is 392 g/mol. The molecule has 0 bridgehead atoms. The summed E-state index contributed by atoms with van der Waals surface area (Å²) in [7, 11) is 0. The fourth-order valence-electron chi connectivity index (χ4n) is 2.45. The number of fused-ring (bicyclic) bond motifs is 1. The summed E-state index contributed by atoms with van der Waals surface area (Å²) < 4.78 is 42.8. The second-order valence-corrected chi connectivity index (χ2v) is 5.83. The van der Waals surface area contributed by atoms with Crippen LogP contribution in [0.4, 0.5) is 18.9 Å². The van der Waals surface area contributed by atoms with Gasteiger partial charge in [-0.2, -0.15) is 13.2 Å². The lowest BCUT2D eigenvalue weighted by molar-refractivity contribution is -0.153. The third kappa shape index (κ3) is 4.84. The number of halogens is 3. The van der Waals surface area contributed by atoms with E-state index in [2.05, 4.69) is 15.6 Å². The molecule has 0 radical (unpaired) electrons. The Morgan fingerprint density at radius 2 is 1.82 bits per heavy atom. The van der Waals surface area contributed by atoms with Gasteiger partial charge in [0, 0.05) is 6.42 Å². The van der Waals surface area contributed by atoms with Crippen LogP contribution < -0.4 is 15.6 Å². The molecule has 3 aromatic rings. The molecule has 1 heterocycles. The topological polar surface area (TPSA) is 86.1 Å². The van der Waals surface area contributed by atoms with Crippen molar-refractivity contribution in [2.24, 2.45) is 0 Å². The molecule has 0 aliphatic rings. The van der Waals surface area contributed by atoms with Gasteiger partial charge in [-0.1, -0.05) is 29.5 Å². The minimum absolute atomic E-state index is 0.0337. The zero-order valence-electron chi connectivity index (χ0n) is 14.4. The monoisotopic (exact) mass is 392 g/mol. The molecule has 0 aliphatic carbocycles. The molecule has 1 aromatic heterocycles. The van der Waals surface area contributed by atoms with Crippen molar-refractivity contribution in [2.45, 2.75) is 19.1 Å². The number of ether oxygens (including phenoxy) is 1. The smallest absolute Gasteiger partial charge is 0.422 e. The fraction of sp³-hybridized carbons (Fsp3) is 0.222. The molecule has 0 unspecified atom stereocenters. The molecule has 0 atom stereocenters. The lowest BCUT2D eigenvalue weighted by Crippen LogP contribution is -2.26. The van der Waals surface area contributed by atoms with E-state index >= 15 is 0 Å². The number of anilines is 1.